The van der Waals surface area contributed by atoms with Crippen molar-refractivity contribution in [3.8, 4) is 0 Å². The molecule has 0 bridgehead atoms. The van der Waals surface area contributed by atoms with E-state index >= 15 is 0 Å². The molecule has 0 unspecified atom stereocenters. The Bertz CT molecular complexity index is 664. The van der Waals surface area contributed by atoms with Crippen LogP contribution in [-0.4, -0.2) is 36.2 Å². The number of esters is 1. The van der Waals surface area contributed by atoms with Gasteiger partial charge in [-0.3, -0.25) is 4.99 Å². The number of carbonyl (C=O) groups is 1. The maximum Gasteiger partial charge on any atom is 0.337 e. The SMILES string of the molecule is COC(=O)c1ccc2c(c1)N=C(Cl)C1=NC(C)(C)CN12. The number of amidine groups is 1. The van der Waals surface area contributed by atoms with Crippen molar-refractivity contribution >= 4 is 40.0 Å². The number of anilines is 1. The Labute approximate surface area is 121 Å². The molecule has 20 heavy (non-hydrogen) atoms. The summed E-state index contributed by atoms with van der Waals surface area (Å²) >= 11 is 6.20. The number of hydrogen-bond donors (Lipinski definition) is 0. The third-order valence-electron chi connectivity index (χ3n) is 3.30. The highest BCUT2D eigenvalue weighted by Crippen LogP contribution is 2.38. The van der Waals surface area contributed by atoms with E-state index < -0.39 is 0 Å². The van der Waals surface area contributed by atoms with Crippen LogP contribution in [0.4, 0.5) is 11.4 Å². The summed E-state index contributed by atoms with van der Waals surface area (Å²) in [7, 11) is 1.35. The van der Waals surface area contributed by atoms with E-state index in [2.05, 4.69) is 9.98 Å². The van der Waals surface area contributed by atoms with Crippen molar-refractivity contribution < 1.29 is 9.53 Å². The van der Waals surface area contributed by atoms with Gasteiger partial charge in [0.15, 0.2) is 11.0 Å². The van der Waals surface area contributed by atoms with Crippen molar-refractivity contribution in [1.29, 1.82) is 0 Å². The van der Waals surface area contributed by atoms with Gasteiger partial charge in [0.2, 0.25) is 0 Å². The van der Waals surface area contributed by atoms with E-state index in [1.54, 1.807) is 12.1 Å². The van der Waals surface area contributed by atoms with Crippen LogP contribution in [0.1, 0.15) is 24.2 Å². The average Bonchev–Trinajstić information content (AvgIpc) is 2.73. The molecular formula is C14H14ClN3O2. The number of benzene rings is 1. The molecule has 0 saturated carbocycles. The zero-order chi connectivity index (χ0) is 14.5. The third kappa shape index (κ3) is 1.98. The van der Waals surface area contributed by atoms with Gasteiger partial charge in [-0.05, 0) is 32.0 Å². The number of ether oxygens (including phenoxy) is 1. The van der Waals surface area contributed by atoms with Crippen LogP contribution in [0.25, 0.3) is 0 Å². The van der Waals surface area contributed by atoms with Gasteiger partial charge in [-0.2, -0.15) is 0 Å². The van der Waals surface area contributed by atoms with Crippen molar-refractivity contribution in [2.45, 2.75) is 19.4 Å². The van der Waals surface area contributed by atoms with Crippen LogP contribution >= 0.6 is 11.6 Å². The summed E-state index contributed by atoms with van der Waals surface area (Å²) in [5.41, 5.74) is 1.83. The van der Waals surface area contributed by atoms with Crippen LogP contribution < -0.4 is 4.90 Å². The van der Waals surface area contributed by atoms with Crippen LogP contribution in [0, 0.1) is 0 Å². The van der Waals surface area contributed by atoms with E-state index in [1.807, 2.05) is 24.8 Å². The first-order valence-corrected chi connectivity index (χ1v) is 6.63. The highest BCUT2D eigenvalue weighted by atomic mass is 35.5. The van der Waals surface area contributed by atoms with Crippen molar-refractivity contribution in [2.24, 2.45) is 9.98 Å². The van der Waals surface area contributed by atoms with Crippen LogP contribution in [0.5, 0.6) is 0 Å². The quantitative estimate of drug-likeness (QED) is 0.748. The molecule has 0 saturated heterocycles. The predicted molar refractivity (Wildman–Crippen MR) is 79.6 cm³/mol. The van der Waals surface area contributed by atoms with E-state index in [0.717, 1.165) is 12.2 Å². The largest absolute Gasteiger partial charge is 0.465 e. The molecule has 0 amide bonds. The smallest absolute Gasteiger partial charge is 0.337 e. The van der Waals surface area contributed by atoms with E-state index in [4.69, 9.17) is 16.3 Å². The Balaban J connectivity index is 2.09. The summed E-state index contributed by atoms with van der Waals surface area (Å²) in [6.45, 7) is 4.83. The summed E-state index contributed by atoms with van der Waals surface area (Å²) in [6, 6.07) is 5.26. The lowest BCUT2D eigenvalue weighted by Crippen LogP contribution is -2.36. The van der Waals surface area contributed by atoms with Crippen LogP contribution in [0.2, 0.25) is 0 Å². The molecule has 1 aromatic carbocycles. The van der Waals surface area contributed by atoms with E-state index in [9.17, 15) is 4.79 Å². The molecule has 0 aromatic heterocycles. The Morgan fingerprint density at radius 3 is 2.90 bits per heavy atom. The molecule has 0 aliphatic carbocycles. The summed E-state index contributed by atoms with van der Waals surface area (Å²) in [6.07, 6.45) is 0. The lowest BCUT2D eigenvalue weighted by molar-refractivity contribution is 0.0601. The predicted octanol–water partition coefficient (Wildman–Crippen LogP) is 2.75. The summed E-state index contributed by atoms with van der Waals surface area (Å²) in [5, 5.41) is 0.352. The lowest BCUT2D eigenvalue weighted by atomic mass is 10.1. The molecule has 0 fully saturated rings. The van der Waals surface area contributed by atoms with E-state index in [1.165, 1.54) is 7.11 Å². The normalized spacial score (nSPS) is 18.9. The minimum atomic E-state index is -0.389. The summed E-state index contributed by atoms with van der Waals surface area (Å²) in [5.74, 6) is 0.301. The van der Waals surface area contributed by atoms with E-state index in [-0.39, 0.29) is 11.5 Å². The number of halogens is 1. The third-order valence-corrected chi connectivity index (χ3v) is 3.55. The van der Waals surface area contributed by atoms with Gasteiger partial charge < -0.3 is 9.64 Å². The molecule has 0 atom stereocenters. The van der Waals surface area contributed by atoms with Gasteiger partial charge in [0, 0.05) is 6.54 Å². The number of fused-ring (bicyclic) bond motifs is 3. The Kier molecular flexibility index (Phi) is 2.83. The standard InChI is InChI=1S/C14H14ClN3O2/c1-14(2)7-18-10-5-4-8(13(19)20-3)6-9(10)16-11(15)12(18)17-14/h4-6H,7H2,1-3H3. The van der Waals surface area contributed by atoms with Gasteiger partial charge in [0.1, 0.15) is 0 Å². The maximum atomic E-state index is 11.6. The van der Waals surface area contributed by atoms with Crippen LogP contribution in [-0.2, 0) is 4.74 Å². The Morgan fingerprint density at radius 1 is 1.45 bits per heavy atom. The lowest BCUT2D eigenvalue weighted by Gasteiger charge is -2.26. The highest BCUT2D eigenvalue weighted by molar-refractivity contribution is 6.85. The topological polar surface area (TPSA) is 54.3 Å². The second-order valence-corrected chi connectivity index (χ2v) is 5.79. The molecule has 5 nitrogen and oxygen atoms in total. The van der Waals surface area contributed by atoms with Gasteiger partial charge in [-0.1, -0.05) is 11.6 Å². The van der Waals surface area contributed by atoms with Crippen molar-refractivity contribution in [3.63, 3.8) is 0 Å². The monoisotopic (exact) mass is 291 g/mol. The van der Waals surface area contributed by atoms with Crippen molar-refractivity contribution in [3.05, 3.63) is 23.8 Å². The molecule has 2 heterocycles. The number of nitrogens with zero attached hydrogens (tertiary/aromatic N) is 3. The van der Waals surface area contributed by atoms with Gasteiger partial charge in [-0.25, -0.2) is 9.79 Å². The second kappa shape index (κ2) is 4.31. The summed E-state index contributed by atoms with van der Waals surface area (Å²) < 4.78 is 4.72. The number of methoxy groups -OCH3 is 1. The number of aliphatic imine (C=N–C) groups is 2. The van der Waals surface area contributed by atoms with Crippen molar-refractivity contribution in [1.82, 2.24) is 0 Å². The van der Waals surface area contributed by atoms with E-state index in [0.29, 0.717) is 22.3 Å². The fourth-order valence-electron chi connectivity index (χ4n) is 2.44. The molecule has 6 heteroatoms. The average molecular weight is 292 g/mol. The number of carbonyl (C=O) groups excluding carboxylic acids is 1. The molecule has 2 aliphatic rings. The molecule has 2 aliphatic heterocycles. The maximum absolute atomic E-state index is 11.6. The molecule has 1 aromatic rings. The first-order chi connectivity index (χ1) is 9.41. The molecule has 104 valence electrons. The van der Waals surface area contributed by atoms with Gasteiger partial charge in [-0.15, -0.1) is 0 Å². The van der Waals surface area contributed by atoms with Gasteiger partial charge >= 0.3 is 5.97 Å². The molecule has 0 radical (unpaired) electrons. The Morgan fingerprint density at radius 2 is 2.20 bits per heavy atom. The zero-order valence-corrected chi connectivity index (χ0v) is 12.2. The fraction of sp³-hybridized carbons (Fsp3) is 0.357. The summed E-state index contributed by atoms with van der Waals surface area (Å²) in [4.78, 5) is 22.5. The number of hydrogen-bond acceptors (Lipinski definition) is 5. The second-order valence-electron chi connectivity index (χ2n) is 5.43. The molecule has 3 rings (SSSR count). The van der Waals surface area contributed by atoms with Gasteiger partial charge in [0.05, 0.1) is 29.6 Å². The minimum absolute atomic E-state index is 0.201. The van der Waals surface area contributed by atoms with Gasteiger partial charge in [0.25, 0.3) is 0 Å². The minimum Gasteiger partial charge on any atom is -0.465 e. The molecule has 0 N–H and O–H groups in total. The van der Waals surface area contributed by atoms with Crippen molar-refractivity contribution in [2.75, 3.05) is 18.6 Å². The molecule has 0 spiro atoms. The van der Waals surface area contributed by atoms with Crippen LogP contribution in [0.15, 0.2) is 28.2 Å². The first-order valence-electron chi connectivity index (χ1n) is 6.25. The molecular weight excluding hydrogens is 278 g/mol. The Hall–Kier alpha value is -1.88. The highest BCUT2D eigenvalue weighted by Gasteiger charge is 2.37. The zero-order valence-electron chi connectivity index (χ0n) is 11.5. The number of rotatable bonds is 1. The first kappa shape index (κ1) is 13.1. The fourth-order valence-corrected chi connectivity index (χ4v) is 2.68. The van der Waals surface area contributed by atoms with Crippen LogP contribution in [0.3, 0.4) is 0 Å².